The first-order chi connectivity index (χ1) is 11.9. The normalized spacial score (nSPS) is 10.6. The van der Waals surface area contributed by atoms with Gasteiger partial charge in [-0.1, -0.05) is 24.3 Å². The fourth-order valence-electron chi connectivity index (χ4n) is 2.54. The summed E-state index contributed by atoms with van der Waals surface area (Å²) in [7, 11) is 1.83. The molecule has 0 saturated heterocycles. The van der Waals surface area contributed by atoms with Gasteiger partial charge >= 0.3 is 6.09 Å². The molecule has 0 aliphatic rings. The lowest BCUT2D eigenvalue weighted by Gasteiger charge is -2.11. The van der Waals surface area contributed by atoms with E-state index in [-0.39, 0.29) is 0 Å². The lowest BCUT2D eigenvalue weighted by Crippen LogP contribution is -2.17. The van der Waals surface area contributed by atoms with Gasteiger partial charge in [0.1, 0.15) is 0 Å². The summed E-state index contributed by atoms with van der Waals surface area (Å²) in [6, 6.07) is 10.4. The first-order valence-corrected chi connectivity index (χ1v) is 7.60. The van der Waals surface area contributed by atoms with E-state index in [1.54, 1.807) is 35.0 Å². The van der Waals surface area contributed by atoms with Crippen molar-refractivity contribution in [3.05, 3.63) is 72.1 Å². The number of hydrogen-bond donors (Lipinski definition) is 1. The van der Waals surface area contributed by atoms with Crippen molar-refractivity contribution >= 4 is 11.8 Å². The standard InChI is InChI=1S/C19H16F2N2O2/c1-12-10-23(2)11-18(12)25-19(24)22-17-6-4-3-5-14(17)13-7-8-15(20)16(21)9-13/h3-11H,1-2H3,(H,22,24). The largest absolute Gasteiger partial charge is 0.417 e. The molecule has 1 heterocycles. The molecule has 0 bridgehead atoms. The van der Waals surface area contributed by atoms with Crippen LogP contribution in [0.3, 0.4) is 0 Å². The first kappa shape index (κ1) is 16.7. The van der Waals surface area contributed by atoms with Crippen LogP contribution in [0.4, 0.5) is 19.3 Å². The van der Waals surface area contributed by atoms with Crippen LogP contribution in [0.2, 0.25) is 0 Å². The summed E-state index contributed by atoms with van der Waals surface area (Å²) in [5.74, 6) is -1.42. The molecule has 0 aliphatic heterocycles. The Morgan fingerprint density at radius 2 is 1.84 bits per heavy atom. The maximum Gasteiger partial charge on any atom is 0.417 e. The summed E-state index contributed by atoms with van der Waals surface area (Å²) in [6.07, 6.45) is 2.86. The quantitative estimate of drug-likeness (QED) is 0.736. The molecule has 128 valence electrons. The van der Waals surface area contributed by atoms with Crippen molar-refractivity contribution in [1.82, 2.24) is 4.57 Å². The number of aromatic nitrogens is 1. The highest BCUT2D eigenvalue weighted by molar-refractivity contribution is 5.92. The third-order valence-corrected chi connectivity index (χ3v) is 3.70. The second-order valence-corrected chi connectivity index (χ2v) is 5.66. The van der Waals surface area contributed by atoms with Crippen molar-refractivity contribution in [2.75, 3.05) is 5.32 Å². The van der Waals surface area contributed by atoms with Crippen molar-refractivity contribution in [2.24, 2.45) is 7.05 Å². The SMILES string of the molecule is Cc1cn(C)cc1OC(=O)Nc1ccccc1-c1ccc(F)c(F)c1. The van der Waals surface area contributed by atoms with Gasteiger partial charge in [0, 0.05) is 30.6 Å². The van der Waals surface area contributed by atoms with Gasteiger partial charge in [0.25, 0.3) is 0 Å². The predicted octanol–water partition coefficient (Wildman–Crippen LogP) is 4.89. The van der Waals surface area contributed by atoms with E-state index in [9.17, 15) is 13.6 Å². The number of anilines is 1. The summed E-state index contributed by atoms with van der Waals surface area (Å²) in [5, 5.41) is 2.64. The highest BCUT2D eigenvalue weighted by Crippen LogP contribution is 2.29. The van der Waals surface area contributed by atoms with Crippen LogP contribution >= 0.6 is 0 Å². The number of carbonyl (C=O) groups is 1. The molecule has 1 N–H and O–H groups in total. The van der Waals surface area contributed by atoms with Crippen LogP contribution in [0.1, 0.15) is 5.56 Å². The molecule has 0 spiro atoms. The molecule has 3 rings (SSSR count). The van der Waals surface area contributed by atoms with Crippen LogP contribution in [0.15, 0.2) is 54.9 Å². The average molecular weight is 342 g/mol. The molecule has 0 fully saturated rings. The van der Waals surface area contributed by atoms with Crippen LogP contribution in [0, 0.1) is 18.6 Å². The van der Waals surface area contributed by atoms with Gasteiger partial charge in [-0.3, -0.25) is 5.32 Å². The average Bonchev–Trinajstić information content (AvgIpc) is 2.88. The number of amides is 1. The molecule has 6 heteroatoms. The lowest BCUT2D eigenvalue weighted by atomic mass is 10.0. The Morgan fingerprint density at radius 3 is 2.52 bits per heavy atom. The molecule has 0 saturated carbocycles. The monoisotopic (exact) mass is 342 g/mol. The van der Waals surface area contributed by atoms with E-state index < -0.39 is 17.7 Å². The van der Waals surface area contributed by atoms with Gasteiger partial charge in [0.2, 0.25) is 0 Å². The summed E-state index contributed by atoms with van der Waals surface area (Å²) in [5.41, 5.74) is 2.27. The number of para-hydroxylation sites is 1. The number of halogens is 2. The Kier molecular flexibility index (Phi) is 4.52. The molecule has 25 heavy (non-hydrogen) atoms. The molecule has 4 nitrogen and oxygen atoms in total. The zero-order chi connectivity index (χ0) is 18.0. The zero-order valence-electron chi connectivity index (χ0n) is 13.7. The van der Waals surface area contributed by atoms with Crippen molar-refractivity contribution in [1.29, 1.82) is 0 Å². The van der Waals surface area contributed by atoms with Crippen LogP contribution in [0.5, 0.6) is 5.75 Å². The Morgan fingerprint density at radius 1 is 1.08 bits per heavy atom. The highest BCUT2D eigenvalue weighted by Gasteiger charge is 2.13. The molecular weight excluding hydrogens is 326 g/mol. The van der Waals surface area contributed by atoms with E-state index in [1.165, 1.54) is 6.07 Å². The molecule has 0 atom stereocenters. The van der Waals surface area contributed by atoms with Gasteiger partial charge in [0.05, 0.1) is 5.69 Å². The van der Waals surface area contributed by atoms with Gasteiger partial charge in [-0.2, -0.15) is 0 Å². The molecular formula is C19H16F2N2O2. The summed E-state index contributed by atoms with van der Waals surface area (Å²) in [4.78, 5) is 12.2. The fourth-order valence-corrected chi connectivity index (χ4v) is 2.54. The molecule has 1 aromatic heterocycles. The molecule has 0 aliphatic carbocycles. The molecule has 0 radical (unpaired) electrons. The Hall–Kier alpha value is -3.15. The van der Waals surface area contributed by atoms with E-state index in [0.29, 0.717) is 22.6 Å². The van der Waals surface area contributed by atoms with E-state index in [4.69, 9.17) is 4.74 Å². The maximum absolute atomic E-state index is 13.5. The first-order valence-electron chi connectivity index (χ1n) is 7.60. The third kappa shape index (κ3) is 3.68. The predicted molar refractivity (Wildman–Crippen MR) is 91.6 cm³/mol. The number of rotatable bonds is 3. The van der Waals surface area contributed by atoms with E-state index in [0.717, 1.165) is 17.7 Å². The minimum absolute atomic E-state index is 0.437. The topological polar surface area (TPSA) is 43.3 Å². The van der Waals surface area contributed by atoms with Crippen LogP contribution in [-0.4, -0.2) is 10.7 Å². The van der Waals surface area contributed by atoms with Gasteiger partial charge in [-0.15, -0.1) is 0 Å². The number of nitrogens with one attached hydrogen (secondary N) is 1. The molecule has 0 unspecified atom stereocenters. The summed E-state index contributed by atoms with van der Waals surface area (Å²) in [6.45, 7) is 1.83. The van der Waals surface area contributed by atoms with Gasteiger partial charge in [-0.25, -0.2) is 13.6 Å². The Balaban J connectivity index is 1.84. The Labute approximate surface area is 143 Å². The minimum atomic E-state index is -0.949. The fraction of sp³-hybridized carbons (Fsp3) is 0.105. The smallest absolute Gasteiger partial charge is 0.408 e. The number of aryl methyl sites for hydroxylation is 2. The lowest BCUT2D eigenvalue weighted by molar-refractivity contribution is 0.215. The summed E-state index contributed by atoms with van der Waals surface area (Å²) < 4.78 is 33.7. The van der Waals surface area contributed by atoms with Gasteiger partial charge in [-0.05, 0) is 30.7 Å². The van der Waals surface area contributed by atoms with Gasteiger partial charge < -0.3 is 9.30 Å². The van der Waals surface area contributed by atoms with Crippen LogP contribution < -0.4 is 10.1 Å². The number of carbonyl (C=O) groups excluding carboxylic acids is 1. The zero-order valence-corrected chi connectivity index (χ0v) is 13.7. The number of hydrogen-bond acceptors (Lipinski definition) is 2. The van der Waals surface area contributed by atoms with Crippen LogP contribution in [-0.2, 0) is 7.05 Å². The van der Waals surface area contributed by atoms with E-state index >= 15 is 0 Å². The van der Waals surface area contributed by atoms with E-state index in [2.05, 4.69) is 5.32 Å². The second-order valence-electron chi connectivity index (χ2n) is 5.66. The number of benzene rings is 2. The van der Waals surface area contributed by atoms with Crippen LogP contribution in [0.25, 0.3) is 11.1 Å². The van der Waals surface area contributed by atoms with Crippen molar-refractivity contribution in [2.45, 2.75) is 6.92 Å². The molecule has 1 amide bonds. The van der Waals surface area contributed by atoms with Crippen molar-refractivity contribution in [3.8, 4) is 16.9 Å². The highest BCUT2D eigenvalue weighted by atomic mass is 19.2. The van der Waals surface area contributed by atoms with Crippen molar-refractivity contribution in [3.63, 3.8) is 0 Å². The molecule has 2 aromatic carbocycles. The number of ether oxygens (including phenoxy) is 1. The Bertz CT molecular complexity index is 935. The minimum Gasteiger partial charge on any atom is -0.408 e. The van der Waals surface area contributed by atoms with E-state index in [1.807, 2.05) is 20.2 Å². The molecule has 3 aromatic rings. The second kappa shape index (κ2) is 6.76. The number of nitrogens with zero attached hydrogens (tertiary/aromatic N) is 1. The van der Waals surface area contributed by atoms with Gasteiger partial charge in [0.15, 0.2) is 17.4 Å². The third-order valence-electron chi connectivity index (χ3n) is 3.70. The summed E-state index contributed by atoms with van der Waals surface area (Å²) >= 11 is 0. The van der Waals surface area contributed by atoms with Crippen molar-refractivity contribution < 1.29 is 18.3 Å². The maximum atomic E-state index is 13.5.